The van der Waals surface area contributed by atoms with Crippen LogP contribution in [-0.2, 0) is 11.2 Å². The highest BCUT2D eigenvalue weighted by atomic mass is 19.1. The van der Waals surface area contributed by atoms with Crippen LogP contribution >= 0.6 is 0 Å². The molecule has 1 unspecified atom stereocenters. The molecule has 3 heteroatoms. The molecule has 18 heavy (non-hydrogen) atoms. The van der Waals surface area contributed by atoms with E-state index in [9.17, 15) is 9.18 Å². The Labute approximate surface area is 108 Å². The van der Waals surface area contributed by atoms with E-state index in [1.807, 2.05) is 4.90 Å². The molecular weight excluding hydrogens is 229 g/mol. The van der Waals surface area contributed by atoms with E-state index < -0.39 is 0 Å². The van der Waals surface area contributed by atoms with Gasteiger partial charge in [0.2, 0.25) is 5.91 Å². The van der Waals surface area contributed by atoms with Crippen LogP contribution in [0.3, 0.4) is 0 Å². The molecule has 1 aliphatic heterocycles. The van der Waals surface area contributed by atoms with Crippen molar-refractivity contribution in [3.63, 3.8) is 0 Å². The second kappa shape index (κ2) is 5.51. The molecule has 1 atom stereocenters. The number of hydrogen-bond acceptors (Lipinski definition) is 1. The van der Waals surface area contributed by atoms with Crippen LogP contribution in [0.15, 0.2) is 24.3 Å². The Bertz CT molecular complexity index is 430. The molecule has 98 valence electrons. The van der Waals surface area contributed by atoms with Gasteiger partial charge in [-0.05, 0) is 30.4 Å². The van der Waals surface area contributed by atoms with Crippen molar-refractivity contribution in [2.75, 3.05) is 6.54 Å². The number of carbonyl (C=O) groups excluding carboxylic acids is 1. The predicted octanol–water partition coefficient (Wildman–Crippen LogP) is 3.02. The minimum atomic E-state index is -0.286. The number of amides is 1. The molecule has 0 aromatic heterocycles. The average Bonchev–Trinajstić information content (AvgIpc) is 2.81. The van der Waals surface area contributed by atoms with Gasteiger partial charge in [-0.25, -0.2) is 4.39 Å². The van der Waals surface area contributed by atoms with Crippen molar-refractivity contribution in [3.8, 4) is 0 Å². The first-order valence-electron chi connectivity index (χ1n) is 6.62. The number of likely N-dealkylation sites (tertiary alicyclic amines) is 1. The first-order valence-corrected chi connectivity index (χ1v) is 6.62. The van der Waals surface area contributed by atoms with Crippen LogP contribution < -0.4 is 0 Å². The number of carbonyl (C=O) groups is 1. The lowest BCUT2D eigenvalue weighted by Crippen LogP contribution is -2.39. The molecule has 0 aliphatic carbocycles. The minimum absolute atomic E-state index is 0.0521. The summed E-state index contributed by atoms with van der Waals surface area (Å²) in [5, 5.41) is 0. The number of rotatable bonds is 3. The summed E-state index contributed by atoms with van der Waals surface area (Å²) < 4.78 is 13.5. The highest BCUT2D eigenvalue weighted by Gasteiger charge is 2.30. The summed E-state index contributed by atoms with van der Waals surface area (Å²) in [6, 6.07) is 6.84. The zero-order valence-corrected chi connectivity index (χ0v) is 11.0. The van der Waals surface area contributed by atoms with Crippen molar-refractivity contribution in [1.29, 1.82) is 0 Å². The summed E-state index contributed by atoms with van der Waals surface area (Å²) in [7, 11) is 0. The molecule has 2 rings (SSSR count). The summed E-state index contributed by atoms with van der Waals surface area (Å²) in [5.74, 6) is 0.236. The van der Waals surface area contributed by atoms with Crippen molar-refractivity contribution in [2.45, 2.75) is 39.2 Å². The fourth-order valence-corrected chi connectivity index (χ4v) is 2.70. The van der Waals surface area contributed by atoms with Gasteiger partial charge in [0.25, 0.3) is 0 Å². The van der Waals surface area contributed by atoms with E-state index in [-0.39, 0.29) is 18.1 Å². The fraction of sp³-hybridized carbons (Fsp3) is 0.533. The van der Waals surface area contributed by atoms with E-state index in [0.29, 0.717) is 17.5 Å². The Hall–Kier alpha value is -1.38. The molecule has 2 nitrogen and oxygen atoms in total. The first-order chi connectivity index (χ1) is 8.59. The molecule has 0 saturated carbocycles. The predicted molar refractivity (Wildman–Crippen MR) is 69.7 cm³/mol. The van der Waals surface area contributed by atoms with E-state index >= 15 is 0 Å². The van der Waals surface area contributed by atoms with Crippen LogP contribution in [0.5, 0.6) is 0 Å². The summed E-state index contributed by atoms with van der Waals surface area (Å²) >= 11 is 0. The van der Waals surface area contributed by atoms with Crippen molar-refractivity contribution in [2.24, 2.45) is 5.92 Å². The standard InChI is InChI=1S/C15H20FNO/c1-11(2)14-8-5-9-17(14)15(18)10-12-6-3-4-7-13(12)16/h3-4,6-7,11,14H,5,8-10H2,1-2H3. The molecule has 1 aliphatic rings. The molecule has 0 bridgehead atoms. The molecule has 1 aromatic rings. The normalized spacial score (nSPS) is 19.6. The monoisotopic (exact) mass is 249 g/mol. The molecule has 1 fully saturated rings. The smallest absolute Gasteiger partial charge is 0.227 e. The Balaban J connectivity index is 2.06. The number of hydrogen-bond donors (Lipinski definition) is 0. The maximum absolute atomic E-state index is 13.5. The van der Waals surface area contributed by atoms with Gasteiger partial charge in [0.1, 0.15) is 5.82 Å². The first kappa shape index (κ1) is 13.1. The number of benzene rings is 1. The van der Waals surface area contributed by atoms with Gasteiger partial charge >= 0.3 is 0 Å². The Morgan fingerprint density at radius 1 is 1.44 bits per heavy atom. The summed E-state index contributed by atoms with van der Waals surface area (Å²) in [6.45, 7) is 5.09. The molecule has 0 N–H and O–H groups in total. The molecule has 1 heterocycles. The van der Waals surface area contributed by atoms with Crippen LogP contribution in [-0.4, -0.2) is 23.4 Å². The lowest BCUT2D eigenvalue weighted by molar-refractivity contribution is -0.132. The van der Waals surface area contributed by atoms with E-state index in [4.69, 9.17) is 0 Å². The molecular formula is C15H20FNO. The molecule has 1 amide bonds. The van der Waals surface area contributed by atoms with Gasteiger partial charge in [-0.1, -0.05) is 32.0 Å². The zero-order valence-electron chi connectivity index (χ0n) is 11.0. The van der Waals surface area contributed by atoms with E-state index in [1.54, 1.807) is 18.2 Å². The maximum atomic E-state index is 13.5. The van der Waals surface area contributed by atoms with Crippen LogP contribution in [0.4, 0.5) is 4.39 Å². The quantitative estimate of drug-likeness (QED) is 0.806. The van der Waals surface area contributed by atoms with Crippen molar-refractivity contribution in [3.05, 3.63) is 35.6 Å². The molecule has 0 radical (unpaired) electrons. The lowest BCUT2D eigenvalue weighted by Gasteiger charge is -2.27. The van der Waals surface area contributed by atoms with Crippen molar-refractivity contribution < 1.29 is 9.18 Å². The highest BCUT2D eigenvalue weighted by Crippen LogP contribution is 2.24. The second-order valence-corrected chi connectivity index (χ2v) is 5.31. The van der Waals surface area contributed by atoms with E-state index in [2.05, 4.69) is 13.8 Å². The van der Waals surface area contributed by atoms with E-state index in [0.717, 1.165) is 19.4 Å². The van der Waals surface area contributed by atoms with Gasteiger partial charge in [0, 0.05) is 12.6 Å². The maximum Gasteiger partial charge on any atom is 0.227 e. The Morgan fingerprint density at radius 2 is 2.17 bits per heavy atom. The van der Waals surface area contributed by atoms with Crippen molar-refractivity contribution in [1.82, 2.24) is 4.90 Å². The average molecular weight is 249 g/mol. The molecule has 1 saturated heterocycles. The van der Waals surface area contributed by atoms with Crippen LogP contribution in [0, 0.1) is 11.7 Å². The van der Waals surface area contributed by atoms with Crippen molar-refractivity contribution >= 4 is 5.91 Å². The third kappa shape index (κ3) is 2.71. The summed E-state index contributed by atoms with van der Waals surface area (Å²) in [4.78, 5) is 14.2. The fourth-order valence-electron chi connectivity index (χ4n) is 2.70. The van der Waals surface area contributed by atoms with Crippen LogP contribution in [0.1, 0.15) is 32.3 Å². The zero-order chi connectivity index (χ0) is 13.1. The van der Waals surface area contributed by atoms with E-state index in [1.165, 1.54) is 6.07 Å². The Kier molecular flexibility index (Phi) is 4.00. The summed E-state index contributed by atoms with van der Waals surface area (Å²) in [6.07, 6.45) is 2.31. The van der Waals surface area contributed by atoms with Gasteiger partial charge < -0.3 is 4.90 Å². The largest absolute Gasteiger partial charge is 0.339 e. The highest BCUT2D eigenvalue weighted by molar-refractivity contribution is 5.79. The van der Waals surface area contributed by atoms with Gasteiger partial charge in [-0.3, -0.25) is 4.79 Å². The van der Waals surface area contributed by atoms with Gasteiger partial charge in [-0.2, -0.15) is 0 Å². The third-order valence-electron chi connectivity index (χ3n) is 3.69. The third-order valence-corrected chi connectivity index (χ3v) is 3.69. The SMILES string of the molecule is CC(C)C1CCCN1C(=O)Cc1ccccc1F. The molecule has 1 aromatic carbocycles. The molecule has 0 spiro atoms. The van der Waals surface area contributed by atoms with Gasteiger partial charge in [0.15, 0.2) is 0 Å². The van der Waals surface area contributed by atoms with Gasteiger partial charge in [0.05, 0.1) is 6.42 Å². The lowest BCUT2D eigenvalue weighted by atomic mass is 10.0. The summed E-state index contributed by atoms with van der Waals surface area (Å²) in [5.41, 5.74) is 0.497. The number of nitrogens with zero attached hydrogens (tertiary/aromatic N) is 1. The second-order valence-electron chi connectivity index (χ2n) is 5.31. The topological polar surface area (TPSA) is 20.3 Å². The van der Waals surface area contributed by atoms with Gasteiger partial charge in [-0.15, -0.1) is 0 Å². The minimum Gasteiger partial charge on any atom is -0.339 e. The van der Waals surface area contributed by atoms with Crippen LogP contribution in [0.2, 0.25) is 0 Å². The Morgan fingerprint density at radius 3 is 2.83 bits per heavy atom. The number of halogens is 1. The van der Waals surface area contributed by atoms with Crippen LogP contribution in [0.25, 0.3) is 0 Å².